The SMILES string of the molecule is O=C(O)CNS(=O)C1C2CC3CC(C2)CC1C3. The lowest BCUT2D eigenvalue weighted by molar-refractivity contribution is -0.135. The van der Waals surface area contributed by atoms with Crippen LogP contribution in [0, 0.1) is 23.7 Å². The van der Waals surface area contributed by atoms with Crippen LogP contribution in [0.3, 0.4) is 0 Å². The molecule has 0 aromatic rings. The van der Waals surface area contributed by atoms with Gasteiger partial charge < -0.3 is 5.11 Å². The summed E-state index contributed by atoms with van der Waals surface area (Å²) >= 11 is 0. The Morgan fingerprint density at radius 2 is 1.65 bits per heavy atom. The minimum absolute atomic E-state index is 0.185. The first-order valence-corrected chi connectivity index (χ1v) is 7.70. The van der Waals surface area contributed by atoms with Gasteiger partial charge in [-0.05, 0) is 55.8 Å². The number of carboxylic acid groups (broad SMARTS) is 1. The quantitative estimate of drug-likeness (QED) is 0.794. The summed E-state index contributed by atoms with van der Waals surface area (Å²) in [4.78, 5) is 10.5. The monoisotopic (exact) mass is 257 g/mol. The number of nitrogens with one attached hydrogen (secondary N) is 1. The molecule has 1 unspecified atom stereocenters. The second-order valence-electron chi connectivity index (χ2n) is 5.91. The Labute approximate surface area is 104 Å². The highest BCUT2D eigenvalue weighted by atomic mass is 32.2. The Hall–Kier alpha value is -0.420. The number of aliphatic carboxylic acids is 1. The Kier molecular flexibility index (Phi) is 2.99. The van der Waals surface area contributed by atoms with Crippen LogP contribution in [-0.4, -0.2) is 27.1 Å². The van der Waals surface area contributed by atoms with Crippen molar-refractivity contribution in [3.05, 3.63) is 0 Å². The Bertz CT molecular complexity index is 330. The Balaban J connectivity index is 1.67. The van der Waals surface area contributed by atoms with Crippen molar-refractivity contribution in [1.82, 2.24) is 4.72 Å². The Morgan fingerprint density at radius 1 is 1.12 bits per heavy atom. The molecule has 0 aromatic carbocycles. The van der Waals surface area contributed by atoms with Crippen molar-refractivity contribution in [3.8, 4) is 0 Å². The lowest BCUT2D eigenvalue weighted by Gasteiger charge is -2.53. The summed E-state index contributed by atoms with van der Waals surface area (Å²) in [5.41, 5.74) is 0. The van der Waals surface area contributed by atoms with E-state index < -0.39 is 17.0 Å². The van der Waals surface area contributed by atoms with Gasteiger partial charge in [-0.15, -0.1) is 0 Å². The maximum absolute atomic E-state index is 12.2. The van der Waals surface area contributed by atoms with Crippen molar-refractivity contribution in [2.75, 3.05) is 6.54 Å². The first kappa shape index (κ1) is 11.7. The van der Waals surface area contributed by atoms with E-state index in [1.807, 2.05) is 0 Å². The summed E-state index contributed by atoms with van der Waals surface area (Å²) in [7, 11) is -1.16. The smallest absolute Gasteiger partial charge is 0.318 e. The van der Waals surface area contributed by atoms with Crippen molar-refractivity contribution in [2.24, 2.45) is 23.7 Å². The summed E-state index contributed by atoms with van der Waals surface area (Å²) in [5, 5.41) is 8.83. The topological polar surface area (TPSA) is 66.4 Å². The van der Waals surface area contributed by atoms with E-state index in [0.29, 0.717) is 11.8 Å². The van der Waals surface area contributed by atoms with Crippen LogP contribution in [0.25, 0.3) is 0 Å². The number of rotatable bonds is 4. The third-order valence-corrected chi connectivity index (χ3v) is 6.45. The van der Waals surface area contributed by atoms with E-state index >= 15 is 0 Å². The first-order chi connectivity index (χ1) is 8.13. The second-order valence-corrected chi connectivity index (χ2v) is 7.34. The predicted molar refractivity (Wildman–Crippen MR) is 64.6 cm³/mol. The number of carbonyl (C=O) groups is 1. The van der Waals surface area contributed by atoms with E-state index in [1.54, 1.807) is 0 Å². The molecule has 2 N–H and O–H groups in total. The van der Waals surface area contributed by atoms with Gasteiger partial charge in [0, 0.05) is 0 Å². The molecule has 4 aliphatic carbocycles. The highest BCUT2D eigenvalue weighted by Crippen LogP contribution is 2.54. The van der Waals surface area contributed by atoms with Crippen LogP contribution in [0.5, 0.6) is 0 Å². The van der Waals surface area contributed by atoms with E-state index in [2.05, 4.69) is 4.72 Å². The van der Waals surface area contributed by atoms with Gasteiger partial charge in [0.1, 0.15) is 6.54 Å². The molecule has 4 bridgehead atoms. The molecule has 0 radical (unpaired) electrons. The Morgan fingerprint density at radius 3 is 2.12 bits per heavy atom. The zero-order valence-corrected chi connectivity index (χ0v) is 10.6. The third kappa shape index (κ3) is 2.15. The fourth-order valence-electron chi connectivity index (χ4n) is 4.45. The zero-order valence-electron chi connectivity index (χ0n) is 9.80. The summed E-state index contributed by atoms with van der Waals surface area (Å²) in [6, 6.07) is 0. The molecular weight excluding hydrogens is 238 g/mol. The average molecular weight is 257 g/mol. The molecule has 5 heteroatoms. The van der Waals surface area contributed by atoms with Crippen LogP contribution in [0.1, 0.15) is 32.1 Å². The fourth-order valence-corrected chi connectivity index (χ4v) is 6.06. The average Bonchev–Trinajstić information content (AvgIpc) is 2.24. The van der Waals surface area contributed by atoms with Gasteiger partial charge in [-0.25, -0.2) is 8.93 Å². The van der Waals surface area contributed by atoms with Crippen molar-refractivity contribution in [1.29, 1.82) is 0 Å². The molecule has 17 heavy (non-hydrogen) atoms. The van der Waals surface area contributed by atoms with Gasteiger partial charge >= 0.3 is 5.97 Å². The molecule has 96 valence electrons. The molecule has 4 nitrogen and oxygen atoms in total. The highest BCUT2D eigenvalue weighted by Gasteiger charge is 2.50. The van der Waals surface area contributed by atoms with Gasteiger partial charge in [-0.2, -0.15) is 0 Å². The molecule has 4 rings (SSSR count). The second kappa shape index (κ2) is 4.35. The van der Waals surface area contributed by atoms with Crippen molar-refractivity contribution >= 4 is 17.0 Å². The van der Waals surface area contributed by atoms with Gasteiger partial charge in [0.15, 0.2) is 0 Å². The third-order valence-electron chi connectivity index (χ3n) is 4.75. The van der Waals surface area contributed by atoms with Crippen LogP contribution < -0.4 is 4.72 Å². The van der Waals surface area contributed by atoms with E-state index in [0.717, 1.165) is 11.8 Å². The largest absolute Gasteiger partial charge is 0.480 e. The van der Waals surface area contributed by atoms with E-state index in [1.165, 1.54) is 32.1 Å². The molecule has 0 aliphatic heterocycles. The minimum atomic E-state index is -1.16. The summed E-state index contributed by atoms with van der Waals surface area (Å²) in [6.45, 7) is -0.185. The van der Waals surface area contributed by atoms with E-state index in [9.17, 15) is 9.00 Å². The van der Waals surface area contributed by atoms with E-state index in [-0.39, 0.29) is 11.8 Å². The summed E-state index contributed by atoms with van der Waals surface area (Å²) < 4.78 is 14.9. The molecule has 0 spiro atoms. The van der Waals surface area contributed by atoms with Gasteiger partial charge in [-0.3, -0.25) is 4.79 Å². The fraction of sp³-hybridized carbons (Fsp3) is 0.917. The van der Waals surface area contributed by atoms with Crippen LogP contribution in [-0.2, 0) is 15.8 Å². The number of hydrogen-bond acceptors (Lipinski definition) is 2. The predicted octanol–water partition coefficient (Wildman–Crippen LogP) is 1.15. The van der Waals surface area contributed by atoms with Crippen LogP contribution in [0.4, 0.5) is 0 Å². The van der Waals surface area contributed by atoms with Gasteiger partial charge in [-0.1, -0.05) is 0 Å². The van der Waals surface area contributed by atoms with Gasteiger partial charge in [0.05, 0.1) is 16.2 Å². The molecule has 0 amide bonds. The van der Waals surface area contributed by atoms with Crippen molar-refractivity contribution in [3.63, 3.8) is 0 Å². The van der Waals surface area contributed by atoms with Crippen LogP contribution >= 0.6 is 0 Å². The molecule has 4 fully saturated rings. The van der Waals surface area contributed by atoms with Crippen molar-refractivity contribution < 1.29 is 14.1 Å². The van der Waals surface area contributed by atoms with Crippen molar-refractivity contribution in [2.45, 2.75) is 37.4 Å². The lowest BCUT2D eigenvalue weighted by atomic mass is 9.56. The minimum Gasteiger partial charge on any atom is -0.480 e. The molecule has 4 saturated carbocycles. The molecule has 0 saturated heterocycles. The standard InChI is InChI=1S/C12H19NO3S/c14-11(15)6-13-17(16)12-9-2-7-1-8(4-9)5-10(12)3-7/h7-10,12-13H,1-6H2,(H,14,15). The number of hydrogen-bond donors (Lipinski definition) is 2. The summed E-state index contributed by atoms with van der Waals surface area (Å²) in [5.74, 6) is 1.96. The summed E-state index contributed by atoms with van der Waals surface area (Å²) in [6.07, 6.45) is 6.27. The first-order valence-electron chi connectivity index (χ1n) is 6.49. The van der Waals surface area contributed by atoms with Gasteiger partial charge in [0.25, 0.3) is 0 Å². The van der Waals surface area contributed by atoms with Crippen LogP contribution in [0.15, 0.2) is 0 Å². The molecular formula is C12H19NO3S. The molecule has 0 heterocycles. The zero-order chi connectivity index (χ0) is 12.0. The number of carboxylic acids is 1. The van der Waals surface area contributed by atoms with Gasteiger partial charge in [0.2, 0.25) is 0 Å². The van der Waals surface area contributed by atoms with Crippen LogP contribution in [0.2, 0.25) is 0 Å². The van der Waals surface area contributed by atoms with E-state index in [4.69, 9.17) is 5.11 Å². The molecule has 0 aromatic heterocycles. The highest BCUT2D eigenvalue weighted by molar-refractivity contribution is 7.83. The normalized spacial score (nSPS) is 44.8. The maximum atomic E-state index is 12.2. The molecule has 4 aliphatic rings. The molecule has 1 atom stereocenters. The maximum Gasteiger partial charge on any atom is 0.318 e. The lowest BCUT2D eigenvalue weighted by Crippen LogP contribution is -2.52.